The van der Waals surface area contributed by atoms with Gasteiger partial charge in [-0.2, -0.15) is 0 Å². The molecule has 11 nitrogen and oxygen atoms in total. The van der Waals surface area contributed by atoms with Crippen molar-refractivity contribution in [3.8, 4) is 0 Å². The van der Waals surface area contributed by atoms with E-state index in [1.807, 2.05) is 110 Å². The largest absolute Gasteiger partial charge is 0.411 e. The lowest BCUT2D eigenvalue weighted by Gasteiger charge is -2.49. The lowest BCUT2D eigenvalue weighted by Crippen LogP contribution is -2.57. The van der Waals surface area contributed by atoms with E-state index in [2.05, 4.69) is 76.2 Å². The maximum atomic E-state index is 15.1. The molecule has 3 aliphatic rings. The summed E-state index contributed by atoms with van der Waals surface area (Å²) in [4.78, 5) is 15.1. The van der Waals surface area contributed by atoms with Crippen molar-refractivity contribution in [1.29, 1.82) is 0 Å². The van der Waals surface area contributed by atoms with Gasteiger partial charge in [0.25, 0.3) is 0 Å². The quantitative estimate of drug-likeness (QED) is 0.0364. The Balaban J connectivity index is 1.02. The summed E-state index contributed by atoms with van der Waals surface area (Å²) in [6.07, 6.45) is -0.210. The summed E-state index contributed by atoms with van der Waals surface area (Å²) < 4.78 is 62.0. The summed E-state index contributed by atoms with van der Waals surface area (Å²) in [7, 11) is -2.24. The molecule has 3 fully saturated rings. The molecule has 0 aromatic heterocycles. The van der Waals surface area contributed by atoms with E-state index in [0.717, 1.165) is 58.8 Å². The minimum absolute atomic E-state index is 0.00998. The minimum Gasteiger partial charge on any atom is -0.411 e. The van der Waals surface area contributed by atoms with Crippen LogP contribution in [0.25, 0.3) is 0 Å². The second-order valence-electron chi connectivity index (χ2n) is 22.4. The first-order chi connectivity index (χ1) is 38.0. The van der Waals surface area contributed by atoms with Crippen molar-refractivity contribution in [2.45, 2.75) is 210 Å². The number of benzene rings is 5. The van der Waals surface area contributed by atoms with Crippen LogP contribution < -0.4 is 0 Å². The minimum atomic E-state index is -2.24. The molecule has 5 aromatic carbocycles. The van der Waals surface area contributed by atoms with Crippen molar-refractivity contribution in [2.24, 2.45) is 0 Å². The van der Waals surface area contributed by atoms with Gasteiger partial charge < -0.3 is 47.4 Å². The Morgan fingerprint density at radius 3 is 1.63 bits per heavy atom. The van der Waals surface area contributed by atoms with Crippen LogP contribution in [0.15, 0.2) is 152 Å². The zero-order chi connectivity index (χ0) is 54.6. The summed E-state index contributed by atoms with van der Waals surface area (Å²) in [6, 6.07) is 53.6. The predicted octanol–water partition coefficient (Wildman–Crippen LogP) is 13.1. The third-order valence-corrected chi connectivity index (χ3v) is 21.4. The van der Waals surface area contributed by atoms with E-state index in [9.17, 15) is 5.11 Å². The van der Waals surface area contributed by atoms with Crippen LogP contribution >= 0.6 is 0 Å². The van der Waals surface area contributed by atoms with Gasteiger partial charge >= 0.3 is 0 Å². The summed E-state index contributed by atoms with van der Waals surface area (Å²) in [6.45, 7) is 13.8. The van der Waals surface area contributed by atoms with E-state index in [-0.39, 0.29) is 43.5 Å². The summed E-state index contributed by atoms with van der Waals surface area (Å²) in [5, 5.41) is 12.7. The number of carbonyl (C=O) groups excluding carboxylic acids is 1. The first-order valence-corrected chi connectivity index (χ1v) is 31.6. The fraction of sp³-hybridized carbons (Fsp3) is 0.530. The van der Waals surface area contributed by atoms with E-state index in [1.54, 1.807) is 0 Å². The number of Topliss-reactive ketones (excluding diaryl/α,β-unsaturated/α-hetero) is 1. The molecule has 8 rings (SSSR count). The Kier molecular flexibility index (Phi) is 22.9. The first kappa shape index (κ1) is 59.7. The number of aliphatic hydroxyl groups excluding tert-OH is 1. The molecule has 0 unspecified atom stereocenters. The molecule has 0 aliphatic carbocycles. The van der Waals surface area contributed by atoms with Crippen molar-refractivity contribution in [2.75, 3.05) is 13.2 Å². The average Bonchev–Trinajstić information content (AvgIpc) is 3.71. The van der Waals surface area contributed by atoms with Crippen LogP contribution in [0.5, 0.6) is 0 Å². The van der Waals surface area contributed by atoms with Gasteiger partial charge in [0, 0.05) is 25.9 Å². The number of aliphatic hydroxyl groups is 1. The molecular formula is C66H88O11Si. The highest BCUT2D eigenvalue weighted by Gasteiger charge is 2.54. The molecule has 5 aromatic rings. The lowest BCUT2D eigenvalue weighted by molar-refractivity contribution is -0.266. The Hall–Kier alpha value is -4.41. The molecule has 0 saturated carbocycles. The maximum Gasteiger partial charge on any atom is 0.192 e. The molecule has 0 radical (unpaired) electrons. The molecule has 11 atom stereocenters. The molecule has 1 N–H and O–H groups in total. The molecule has 3 aliphatic heterocycles. The van der Waals surface area contributed by atoms with Crippen LogP contribution in [0.2, 0.25) is 18.1 Å². The van der Waals surface area contributed by atoms with Gasteiger partial charge in [0.1, 0.15) is 18.0 Å². The monoisotopic (exact) mass is 1080 g/mol. The Bertz CT molecular complexity index is 2460. The molecule has 12 heteroatoms. The molecule has 78 heavy (non-hydrogen) atoms. The molecular weight excluding hydrogens is 997 g/mol. The van der Waals surface area contributed by atoms with Gasteiger partial charge in [-0.15, -0.1) is 0 Å². The van der Waals surface area contributed by atoms with Crippen molar-refractivity contribution in [1.82, 2.24) is 0 Å². The van der Waals surface area contributed by atoms with Gasteiger partial charge in [-0.3, -0.25) is 4.79 Å². The third-order valence-electron chi connectivity index (χ3n) is 16.7. The highest BCUT2D eigenvalue weighted by molar-refractivity contribution is 6.73. The van der Waals surface area contributed by atoms with Gasteiger partial charge in [-0.1, -0.05) is 172 Å². The fourth-order valence-electron chi connectivity index (χ4n) is 11.8. The number of hydrogen-bond donors (Lipinski definition) is 1. The van der Waals surface area contributed by atoms with E-state index >= 15 is 4.79 Å². The molecule has 422 valence electrons. The van der Waals surface area contributed by atoms with Crippen molar-refractivity contribution in [3.05, 3.63) is 179 Å². The van der Waals surface area contributed by atoms with Crippen LogP contribution in [0.3, 0.4) is 0 Å². The van der Waals surface area contributed by atoms with E-state index in [1.165, 1.54) is 0 Å². The summed E-state index contributed by atoms with van der Waals surface area (Å²) in [5.74, 6) is -0.144. The molecule has 3 saturated heterocycles. The topological polar surface area (TPSA) is 120 Å². The number of fused-ring (bicyclic) bond motifs is 1. The van der Waals surface area contributed by atoms with Gasteiger partial charge in [0.15, 0.2) is 8.32 Å². The van der Waals surface area contributed by atoms with Gasteiger partial charge in [-0.05, 0) is 98.3 Å². The molecule has 0 bridgehead atoms. The zero-order valence-corrected chi connectivity index (χ0v) is 48.1. The third kappa shape index (κ3) is 17.1. The first-order valence-electron chi connectivity index (χ1n) is 29.1. The smallest absolute Gasteiger partial charge is 0.192 e. The SMILES string of the molecule is CC[Si](CC)(CC)O[C@@H]1CC[C@H](OCc2ccccc2)[C@@H](COCc2ccccc2)O[C@H]1[C@H](O)CC(=O)C[C@@]1(C)O[C@H]2C[C@@H](OCc3ccccc3)[C@H](CCCOCc3ccccc3)O[C@]2(C)CC[C@@H]1OCc1ccccc1. The Morgan fingerprint density at radius 2 is 1.09 bits per heavy atom. The summed E-state index contributed by atoms with van der Waals surface area (Å²) in [5.41, 5.74) is 3.60. The highest BCUT2D eigenvalue weighted by Crippen LogP contribution is 2.46. The maximum absolute atomic E-state index is 15.1. The normalized spacial score (nSPS) is 27.1. The standard InChI is InChI=1S/C66H88O11Si/c1-6-78(7-2,8-3)77-59-37-36-57(71-46-52-29-18-11-19-30-52)61(49-70-45-51-27-16-10-17-28-51)74-64(59)56(68)41-55(67)43-66(5)62(73-48-54-33-22-13-23-34-54)38-39-65(4)63(76-66)42-60(72-47-53-31-20-12-21-32-53)58(75-65)35-24-40-69-44-50-25-14-9-15-26-50/h9-23,25-34,56-64,68H,6-8,24,35-49H2,1-5H3/t56-,57+,58+,59-,60-,61-,62+,63+,64+,65-,66-/m1/s1. The number of carbonyl (C=O) groups is 1. The second kappa shape index (κ2) is 29.9. The van der Waals surface area contributed by atoms with Gasteiger partial charge in [0.05, 0.1) is 93.6 Å². The number of rotatable bonds is 29. The zero-order valence-electron chi connectivity index (χ0n) is 47.1. The molecule has 0 spiro atoms. The number of hydrogen-bond acceptors (Lipinski definition) is 11. The van der Waals surface area contributed by atoms with Crippen molar-refractivity contribution in [3.63, 3.8) is 0 Å². The molecule has 0 amide bonds. The Morgan fingerprint density at radius 1 is 0.603 bits per heavy atom. The van der Waals surface area contributed by atoms with E-state index in [0.29, 0.717) is 71.7 Å². The van der Waals surface area contributed by atoms with Crippen LogP contribution in [0.1, 0.15) is 120 Å². The van der Waals surface area contributed by atoms with Crippen molar-refractivity contribution < 1.29 is 52.2 Å². The van der Waals surface area contributed by atoms with E-state index in [4.69, 9.17) is 42.3 Å². The Labute approximate surface area is 466 Å². The fourth-order valence-corrected chi connectivity index (χ4v) is 14.7. The van der Waals surface area contributed by atoms with Crippen LogP contribution in [0.4, 0.5) is 0 Å². The van der Waals surface area contributed by atoms with Crippen LogP contribution in [-0.2, 0) is 80.1 Å². The lowest BCUT2D eigenvalue weighted by atomic mass is 9.83. The van der Waals surface area contributed by atoms with Gasteiger partial charge in [-0.25, -0.2) is 0 Å². The van der Waals surface area contributed by atoms with E-state index < -0.39 is 56.1 Å². The van der Waals surface area contributed by atoms with Crippen LogP contribution in [0, 0.1) is 0 Å². The predicted molar refractivity (Wildman–Crippen MR) is 307 cm³/mol. The van der Waals surface area contributed by atoms with Crippen molar-refractivity contribution >= 4 is 14.1 Å². The number of ether oxygens (including phenoxy) is 8. The second-order valence-corrected chi connectivity index (χ2v) is 27.1. The van der Waals surface area contributed by atoms with Gasteiger partial charge in [0.2, 0.25) is 0 Å². The highest BCUT2D eigenvalue weighted by atomic mass is 28.4. The molecule has 3 heterocycles. The summed E-state index contributed by atoms with van der Waals surface area (Å²) >= 11 is 0. The number of ketones is 1. The average molecular weight is 1090 g/mol. The van der Waals surface area contributed by atoms with Crippen LogP contribution in [-0.4, -0.2) is 98.6 Å².